The Labute approximate surface area is 130 Å². The third-order valence-corrected chi connectivity index (χ3v) is 4.86. The lowest BCUT2D eigenvalue weighted by atomic mass is 10.0. The molecule has 0 spiro atoms. The van der Waals surface area contributed by atoms with Crippen molar-refractivity contribution in [1.82, 2.24) is 4.90 Å². The highest BCUT2D eigenvalue weighted by atomic mass is 19.1. The van der Waals surface area contributed by atoms with Crippen molar-refractivity contribution in [2.24, 2.45) is 0 Å². The van der Waals surface area contributed by atoms with Crippen molar-refractivity contribution in [2.75, 3.05) is 18.0 Å². The fourth-order valence-electron chi connectivity index (χ4n) is 3.94. The number of hydrogen-bond acceptors (Lipinski definition) is 3. The van der Waals surface area contributed by atoms with Gasteiger partial charge in [0, 0.05) is 26.1 Å². The molecule has 0 aliphatic carbocycles. The Morgan fingerprint density at radius 2 is 2.00 bits per heavy atom. The molecule has 0 radical (unpaired) electrons. The second-order valence-electron chi connectivity index (χ2n) is 6.07. The first-order valence-corrected chi connectivity index (χ1v) is 7.86. The van der Waals surface area contributed by atoms with Gasteiger partial charge in [-0.05, 0) is 37.8 Å². The molecule has 2 saturated heterocycles. The highest BCUT2D eigenvalue weighted by Gasteiger charge is 2.39. The number of rotatable bonds is 2. The van der Waals surface area contributed by atoms with Gasteiger partial charge in [0.1, 0.15) is 17.4 Å². The monoisotopic (exact) mass is 301 g/mol. The zero-order valence-corrected chi connectivity index (χ0v) is 12.8. The molecule has 3 rings (SSSR count). The largest absolute Gasteiger partial charge is 0.365 e. The van der Waals surface area contributed by atoms with E-state index in [1.165, 1.54) is 6.07 Å². The average molecular weight is 301 g/mol. The molecule has 2 aliphatic rings. The number of anilines is 1. The molecule has 5 heteroatoms. The molecule has 0 unspecified atom stereocenters. The SMILES string of the molecule is CC(=O)N1CCC[C@@H]1[C@@H]1CCCN1c1cccc(F)c1C#N. The highest BCUT2D eigenvalue weighted by molar-refractivity contribution is 5.74. The summed E-state index contributed by atoms with van der Waals surface area (Å²) in [6.45, 7) is 3.23. The summed E-state index contributed by atoms with van der Waals surface area (Å²) in [5.74, 6) is -0.366. The van der Waals surface area contributed by atoms with Gasteiger partial charge >= 0.3 is 0 Å². The molecule has 2 heterocycles. The molecule has 1 aromatic rings. The van der Waals surface area contributed by atoms with Crippen LogP contribution in [-0.2, 0) is 4.79 Å². The predicted molar refractivity (Wildman–Crippen MR) is 81.9 cm³/mol. The summed E-state index contributed by atoms with van der Waals surface area (Å²) in [7, 11) is 0. The van der Waals surface area contributed by atoms with Crippen LogP contribution in [0, 0.1) is 17.1 Å². The molecular weight excluding hydrogens is 281 g/mol. The van der Waals surface area contributed by atoms with Gasteiger partial charge in [-0.15, -0.1) is 0 Å². The Balaban J connectivity index is 1.93. The number of hydrogen-bond donors (Lipinski definition) is 0. The molecule has 4 nitrogen and oxygen atoms in total. The second kappa shape index (κ2) is 5.96. The van der Waals surface area contributed by atoms with Gasteiger partial charge in [-0.1, -0.05) is 6.07 Å². The van der Waals surface area contributed by atoms with Crippen LogP contribution in [0.15, 0.2) is 18.2 Å². The summed E-state index contributed by atoms with van der Waals surface area (Å²) in [4.78, 5) is 15.9. The molecule has 0 N–H and O–H groups in total. The Morgan fingerprint density at radius 3 is 2.73 bits per heavy atom. The van der Waals surface area contributed by atoms with E-state index in [2.05, 4.69) is 4.90 Å². The number of nitriles is 1. The van der Waals surface area contributed by atoms with E-state index in [0.717, 1.165) is 38.8 Å². The number of halogens is 1. The first-order valence-electron chi connectivity index (χ1n) is 7.86. The second-order valence-corrected chi connectivity index (χ2v) is 6.07. The summed E-state index contributed by atoms with van der Waals surface area (Å²) in [6.07, 6.45) is 3.99. The van der Waals surface area contributed by atoms with E-state index in [0.29, 0.717) is 5.69 Å². The fraction of sp³-hybridized carbons (Fsp3) is 0.529. The Kier molecular flexibility index (Phi) is 4.02. The number of amides is 1. The number of likely N-dealkylation sites (tertiary alicyclic amines) is 1. The molecule has 1 amide bonds. The predicted octanol–water partition coefficient (Wildman–Crippen LogP) is 2.68. The first kappa shape index (κ1) is 14.8. The lowest BCUT2D eigenvalue weighted by Gasteiger charge is -2.36. The van der Waals surface area contributed by atoms with Crippen LogP contribution in [0.3, 0.4) is 0 Å². The van der Waals surface area contributed by atoms with Crippen LogP contribution in [0.5, 0.6) is 0 Å². The zero-order chi connectivity index (χ0) is 15.7. The van der Waals surface area contributed by atoms with E-state index in [-0.39, 0.29) is 23.6 Å². The normalized spacial score (nSPS) is 24.6. The van der Waals surface area contributed by atoms with Gasteiger partial charge in [0.15, 0.2) is 0 Å². The lowest BCUT2D eigenvalue weighted by Crippen LogP contribution is -2.48. The van der Waals surface area contributed by atoms with Gasteiger partial charge in [-0.25, -0.2) is 4.39 Å². The van der Waals surface area contributed by atoms with Gasteiger partial charge in [-0.2, -0.15) is 5.26 Å². The van der Waals surface area contributed by atoms with E-state index >= 15 is 0 Å². The van der Waals surface area contributed by atoms with Crippen LogP contribution in [0.1, 0.15) is 38.2 Å². The fourth-order valence-corrected chi connectivity index (χ4v) is 3.94. The molecule has 116 valence electrons. The standard InChI is InChI=1S/C17H20FN3O/c1-12(22)20-9-3-7-16(20)17-8-4-10-21(17)15-6-2-5-14(18)13(15)11-19/h2,5-6,16-17H,3-4,7-10H2,1H3/t16-,17+/m1/s1. The number of nitrogens with zero attached hydrogens (tertiary/aromatic N) is 3. The van der Waals surface area contributed by atoms with E-state index < -0.39 is 5.82 Å². The summed E-state index contributed by atoms with van der Waals surface area (Å²) >= 11 is 0. The van der Waals surface area contributed by atoms with E-state index in [9.17, 15) is 14.4 Å². The zero-order valence-electron chi connectivity index (χ0n) is 12.8. The van der Waals surface area contributed by atoms with Crippen molar-refractivity contribution >= 4 is 11.6 Å². The van der Waals surface area contributed by atoms with Crippen LogP contribution in [0.4, 0.5) is 10.1 Å². The highest BCUT2D eigenvalue weighted by Crippen LogP contribution is 2.35. The Hall–Kier alpha value is -2.09. The maximum Gasteiger partial charge on any atom is 0.219 e. The topological polar surface area (TPSA) is 47.3 Å². The van der Waals surface area contributed by atoms with E-state index in [1.54, 1.807) is 13.0 Å². The Bertz CT molecular complexity index is 625. The molecule has 2 aliphatic heterocycles. The first-order chi connectivity index (χ1) is 10.6. The third kappa shape index (κ3) is 2.43. The van der Waals surface area contributed by atoms with Gasteiger partial charge in [0.05, 0.1) is 11.7 Å². The van der Waals surface area contributed by atoms with Crippen LogP contribution in [0.2, 0.25) is 0 Å². The van der Waals surface area contributed by atoms with Crippen molar-refractivity contribution in [3.63, 3.8) is 0 Å². The number of carbonyl (C=O) groups excluding carboxylic acids is 1. The van der Waals surface area contributed by atoms with Crippen molar-refractivity contribution in [3.8, 4) is 6.07 Å². The minimum atomic E-state index is -0.472. The molecule has 2 fully saturated rings. The van der Waals surface area contributed by atoms with E-state index in [1.807, 2.05) is 17.0 Å². The average Bonchev–Trinajstić information content (AvgIpc) is 3.15. The van der Waals surface area contributed by atoms with Crippen molar-refractivity contribution in [2.45, 2.75) is 44.7 Å². The van der Waals surface area contributed by atoms with Crippen LogP contribution >= 0.6 is 0 Å². The van der Waals surface area contributed by atoms with Gasteiger partial charge < -0.3 is 9.80 Å². The van der Waals surface area contributed by atoms with Crippen LogP contribution in [-0.4, -0.2) is 36.0 Å². The van der Waals surface area contributed by atoms with Crippen LogP contribution in [0.25, 0.3) is 0 Å². The summed E-state index contributed by atoms with van der Waals surface area (Å²) in [5, 5.41) is 9.27. The lowest BCUT2D eigenvalue weighted by molar-refractivity contribution is -0.129. The molecule has 0 saturated carbocycles. The van der Waals surface area contributed by atoms with Crippen molar-refractivity contribution in [3.05, 3.63) is 29.6 Å². The van der Waals surface area contributed by atoms with E-state index in [4.69, 9.17) is 0 Å². The molecule has 1 aromatic carbocycles. The van der Waals surface area contributed by atoms with Crippen LogP contribution < -0.4 is 4.90 Å². The third-order valence-electron chi connectivity index (χ3n) is 4.86. The maximum atomic E-state index is 13.9. The van der Waals surface area contributed by atoms with Crippen molar-refractivity contribution in [1.29, 1.82) is 5.26 Å². The minimum Gasteiger partial charge on any atom is -0.365 e. The molecule has 2 atom stereocenters. The number of benzene rings is 1. The molecule has 22 heavy (non-hydrogen) atoms. The Morgan fingerprint density at radius 1 is 1.27 bits per heavy atom. The van der Waals surface area contributed by atoms with Crippen molar-refractivity contribution < 1.29 is 9.18 Å². The smallest absolute Gasteiger partial charge is 0.219 e. The maximum absolute atomic E-state index is 13.9. The van der Waals surface area contributed by atoms with Gasteiger partial charge in [-0.3, -0.25) is 4.79 Å². The summed E-state index contributed by atoms with van der Waals surface area (Å²) in [6, 6.07) is 7.13. The van der Waals surface area contributed by atoms with Gasteiger partial charge in [0.25, 0.3) is 0 Å². The minimum absolute atomic E-state index is 0.106. The molecule has 0 bridgehead atoms. The number of carbonyl (C=O) groups is 1. The summed E-state index contributed by atoms with van der Waals surface area (Å²) < 4.78 is 13.9. The van der Waals surface area contributed by atoms with Gasteiger partial charge in [0.2, 0.25) is 5.91 Å². The molecular formula is C17H20FN3O. The summed E-state index contributed by atoms with van der Waals surface area (Å²) in [5.41, 5.74) is 0.780. The quantitative estimate of drug-likeness (QED) is 0.844. The molecule has 0 aromatic heterocycles.